The molecule has 0 aromatic carbocycles. The van der Waals surface area contributed by atoms with Gasteiger partial charge in [-0.25, -0.2) is 13.1 Å². The lowest BCUT2D eigenvalue weighted by Crippen LogP contribution is -2.35. The summed E-state index contributed by atoms with van der Waals surface area (Å²) in [6.45, 7) is 5.43. The average Bonchev–Trinajstić information content (AvgIpc) is 2.34. The fraction of sp³-hybridized carbons (Fsp3) is 0.538. The number of pyridine rings is 1. The fourth-order valence-electron chi connectivity index (χ4n) is 1.50. The predicted molar refractivity (Wildman–Crippen MR) is 74.6 cm³/mol. The monoisotopic (exact) mass is 338 g/mol. The molecule has 1 aromatic rings. The first-order valence-electron chi connectivity index (χ1n) is 6.39. The van der Waals surface area contributed by atoms with Crippen LogP contribution in [-0.2, 0) is 16.2 Å². The van der Waals surface area contributed by atoms with E-state index in [1.54, 1.807) is 4.72 Å². The number of nitrogens with zero attached hydrogens (tertiary/aromatic N) is 1. The normalized spacial score (nSPS) is 13.0. The molecule has 0 aliphatic heterocycles. The maximum atomic E-state index is 12.8. The van der Waals surface area contributed by atoms with Gasteiger partial charge in [0.15, 0.2) is 0 Å². The number of sulfonamides is 1. The maximum absolute atomic E-state index is 12.8. The third-order valence-electron chi connectivity index (χ3n) is 2.70. The van der Waals surface area contributed by atoms with E-state index in [0.29, 0.717) is 6.07 Å². The van der Waals surface area contributed by atoms with Gasteiger partial charge in [0.05, 0.1) is 11.3 Å². The van der Waals surface area contributed by atoms with Crippen molar-refractivity contribution in [1.82, 2.24) is 9.71 Å². The van der Waals surface area contributed by atoms with Crippen LogP contribution in [0.4, 0.5) is 13.2 Å². The second kappa shape index (κ2) is 6.23. The molecule has 0 spiro atoms. The Morgan fingerprint density at radius 1 is 1.27 bits per heavy atom. The van der Waals surface area contributed by atoms with Gasteiger partial charge in [-0.05, 0) is 24.0 Å². The van der Waals surface area contributed by atoms with Crippen molar-refractivity contribution >= 4 is 15.9 Å². The molecule has 22 heavy (non-hydrogen) atoms. The highest BCUT2D eigenvalue weighted by molar-refractivity contribution is 7.90. The van der Waals surface area contributed by atoms with E-state index in [2.05, 4.69) is 4.98 Å². The summed E-state index contributed by atoms with van der Waals surface area (Å²) in [5.74, 6) is -1.75. The minimum Gasteiger partial charge on any atom is -0.266 e. The van der Waals surface area contributed by atoms with Crippen LogP contribution in [0.5, 0.6) is 0 Å². The molecule has 1 N–H and O–H groups in total. The van der Waals surface area contributed by atoms with Crippen molar-refractivity contribution in [3.8, 4) is 0 Å². The van der Waals surface area contributed by atoms with Gasteiger partial charge < -0.3 is 0 Å². The molecular formula is C13H17F3N2O3S. The van der Waals surface area contributed by atoms with Crippen LogP contribution in [0.3, 0.4) is 0 Å². The fourth-order valence-corrected chi connectivity index (χ4v) is 2.86. The summed E-state index contributed by atoms with van der Waals surface area (Å²) in [4.78, 5) is 15.1. The molecule has 0 saturated heterocycles. The minimum absolute atomic E-state index is 0.254. The largest absolute Gasteiger partial charge is 0.418 e. The summed E-state index contributed by atoms with van der Waals surface area (Å²) >= 11 is 0. The zero-order valence-corrected chi connectivity index (χ0v) is 13.2. The van der Waals surface area contributed by atoms with E-state index < -0.39 is 33.4 Å². The van der Waals surface area contributed by atoms with Crippen LogP contribution in [0.2, 0.25) is 0 Å². The minimum atomic E-state index is -4.80. The number of aromatic nitrogens is 1. The van der Waals surface area contributed by atoms with E-state index >= 15 is 0 Å². The van der Waals surface area contributed by atoms with E-state index in [0.717, 1.165) is 12.3 Å². The molecule has 1 amide bonds. The number of halogens is 3. The van der Waals surface area contributed by atoms with Gasteiger partial charge in [0.2, 0.25) is 10.0 Å². The molecule has 1 rings (SSSR count). The number of nitrogens with one attached hydrogen (secondary N) is 1. The Kier molecular flexibility index (Phi) is 5.21. The first kappa shape index (κ1) is 18.4. The molecule has 0 radical (unpaired) electrons. The van der Waals surface area contributed by atoms with Gasteiger partial charge in [0.1, 0.15) is 5.69 Å². The molecule has 1 aromatic heterocycles. The lowest BCUT2D eigenvalue weighted by atomic mass is 9.94. The van der Waals surface area contributed by atoms with Gasteiger partial charge in [0.25, 0.3) is 5.91 Å². The van der Waals surface area contributed by atoms with Crippen LogP contribution in [-0.4, -0.2) is 25.1 Å². The topological polar surface area (TPSA) is 76.1 Å². The molecule has 1 heterocycles. The van der Waals surface area contributed by atoms with Gasteiger partial charge in [-0.1, -0.05) is 20.8 Å². The first-order chi connectivity index (χ1) is 9.82. The lowest BCUT2D eigenvalue weighted by molar-refractivity contribution is -0.138. The number of amides is 1. The molecule has 0 bridgehead atoms. The van der Waals surface area contributed by atoms with Crippen LogP contribution in [0.15, 0.2) is 18.3 Å². The number of rotatable bonds is 4. The van der Waals surface area contributed by atoms with Crippen LogP contribution < -0.4 is 4.72 Å². The highest BCUT2D eigenvalue weighted by Crippen LogP contribution is 2.31. The Morgan fingerprint density at radius 2 is 1.86 bits per heavy atom. The van der Waals surface area contributed by atoms with Crippen molar-refractivity contribution in [1.29, 1.82) is 0 Å². The first-order valence-corrected chi connectivity index (χ1v) is 8.04. The molecule has 0 aliphatic rings. The van der Waals surface area contributed by atoms with Gasteiger partial charge in [0, 0.05) is 6.20 Å². The maximum Gasteiger partial charge on any atom is 0.418 e. The van der Waals surface area contributed by atoms with E-state index in [4.69, 9.17) is 0 Å². The lowest BCUT2D eigenvalue weighted by Gasteiger charge is -2.18. The van der Waals surface area contributed by atoms with E-state index in [9.17, 15) is 26.4 Å². The second-order valence-corrected chi connectivity index (χ2v) is 7.80. The molecule has 9 heteroatoms. The van der Waals surface area contributed by atoms with E-state index in [1.165, 1.54) is 0 Å². The summed E-state index contributed by atoms with van der Waals surface area (Å²) < 4.78 is 63.5. The zero-order chi connectivity index (χ0) is 17.2. The smallest absolute Gasteiger partial charge is 0.266 e. The molecular weight excluding hydrogens is 321 g/mol. The number of hydrogen-bond acceptors (Lipinski definition) is 4. The van der Waals surface area contributed by atoms with Gasteiger partial charge in [-0.3, -0.25) is 9.78 Å². The summed E-state index contributed by atoms with van der Waals surface area (Å²) in [6, 6.07) is 1.69. The van der Waals surface area contributed by atoms with Gasteiger partial charge in [-0.2, -0.15) is 13.2 Å². The average molecular weight is 338 g/mol. The molecule has 0 aliphatic carbocycles. The van der Waals surface area contributed by atoms with Gasteiger partial charge in [-0.15, -0.1) is 0 Å². The quantitative estimate of drug-likeness (QED) is 0.915. The Bertz CT molecular complexity index is 649. The summed E-state index contributed by atoms with van der Waals surface area (Å²) in [5, 5.41) is 0. The van der Waals surface area contributed by atoms with E-state index in [-0.39, 0.29) is 17.6 Å². The second-order valence-electron chi connectivity index (χ2n) is 5.96. The highest BCUT2D eigenvalue weighted by atomic mass is 32.2. The van der Waals surface area contributed by atoms with Crippen molar-refractivity contribution in [2.24, 2.45) is 5.41 Å². The Labute approximate surface area is 127 Å². The Morgan fingerprint density at radius 3 is 2.36 bits per heavy atom. The zero-order valence-electron chi connectivity index (χ0n) is 12.4. The van der Waals surface area contributed by atoms with Crippen LogP contribution in [0.25, 0.3) is 0 Å². The number of alkyl halides is 3. The SMILES string of the molecule is CC(C)(C)CCS(=O)(=O)NC(=O)c1ncccc1C(F)(F)F. The standard InChI is InChI=1S/C13H17F3N2O3S/c1-12(2,3)6-8-22(20,21)18-11(19)10-9(13(14,15)16)5-4-7-17-10/h4-5,7H,6,8H2,1-3H3,(H,18,19). The predicted octanol–water partition coefficient (Wildman–Crippen LogP) is 2.60. The van der Waals surface area contributed by atoms with Crippen LogP contribution in [0, 0.1) is 5.41 Å². The third kappa shape index (κ3) is 5.63. The Balaban J connectivity index is 2.95. The number of carbonyl (C=O) groups excluding carboxylic acids is 1. The molecule has 0 atom stereocenters. The van der Waals surface area contributed by atoms with Crippen molar-refractivity contribution in [3.63, 3.8) is 0 Å². The number of hydrogen-bond donors (Lipinski definition) is 1. The summed E-state index contributed by atoms with van der Waals surface area (Å²) in [5.41, 5.74) is -2.53. The summed E-state index contributed by atoms with van der Waals surface area (Å²) in [7, 11) is -4.03. The van der Waals surface area contributed by atoms with E-state index in [1.807, 2.05) is 20.8 Å². The molecule has 5 nitrogen and oxygen atoms in total. The molecule has 0 fully saturated rings. The Hall–Kier alpha value is -1.64. The molecule has 0 saturated carbocycles. The van der Waals surface area contributed by atoms with Crippen LogP contribution >= 0.6 is 0 Å². The van der Waals surface area contributed by atoms with Crippen molar-refractivity contribution in [3.05, 3.63) is 29.6 Å². The van der Waals surface area contributed by atoms with Crippen molar-refractivity contribution in [2.75, 3.05) is 5.75 Å². The molecule has 124 valence electrons. The van der Waals surface area contributed by atoms with Crippen LogP contribution in [0.1, 0.15) is 43.2 Å². The third-order valence-corrected chi connectivity index (χ3v) is 3.94. The van der Waals surface area contributed by atoms with Crippen molar-refractivity contribution < 1.29 is 26.4 Å². The summed E-state index contributed by atoms with van der Waals surface area (Å²) in [6.07, 6.45) is -3.55. The number of carbonyl (C=O) groups is 1. The molecule has 0 unspecified atom stereocenters. The highest BCUT2D eigenvalue weighted by Gasteiger charge is 2.36. The van der Waals surface area contributed by atoms with Gasteiger partial charge >= 0.3 is 6.18 Å². The van der Waals surface area contributed by atoms with Crippen molar-refractivity contribution in [2.45, 2.75) is 33.4 Å².